The highest BCUT2D eigenvalue weighted by Crippen LogP contribution is 2.19. The quantitative estimate of drug-likeness (QED) is 0.791. The molecule has 1 aromatic carbocycles. The number of thiophene rings is 1. The maximum atomic E-state index is 12.4. The van der Waals surface area contributed by atoms with Crippen molar-refractivity contribution in [2.45, 2.75) is 35.9 Å². The van der Waals surface area contributed by atoms with Crippen LogP contribution in [0.1, 0.15) is 24.8 Å². The number of hydrogen-bond acceptors (Lipinski definition) is 4. The van der Waals surface area contributed by atoms with Crippen molar-refractivity contribution in [3.8, 4) is 0 Å². The Morgan fingerprint density at radius 1 is 1.19 bits per heavy atom. The van der Waals surface area contributed by atoms with Crippen LogP contribution in [0.2, 0.25) is 5.02 Å². The van der Waals surface area contributed by atoms with Gasteiger partial charge in [-0.15, -0.1) is 11.3 Å². The van der Waals surface area contributed by atoms with Crippen molar-refractivity contribution in [3.05, 3.63) is 52.4 Å². The lowest BCUT2D eigenvalue weighted by atomic mass is 10.0. The van der Waals surface area contributed by atoms with Gasteiger partial charge in [-0.2, -0.15) is 0 Å². The SMILES string of the molecule is O=C(CCc1ccc(Cl)cc1)N1CCC(NS(=O)(=O)c2cccs2)CC1. The summed E-state index contributed by atoms with van der Waals surface area (Å²) in [5, 5.41) is 2.43. The Balaban J connectivity index is 1.45. The van der Waals surface area contributed by atoms with E-state index in [4.69, 9.17) is 11.6 Å². The van der Waals surface area contributed by atoms with Gasteiger partial charge < -0.3 is 4.90 Å². The number of hydrogen-bond donors (Lipinski definition) is 1. The standard InChI is InChI=1S/C18H21ClN2O3S2/c19-15-6-3-14(4-7-15)5-8-17(22)21-11-9-16(10-12-21)20-26(23,24)18-2-1-13-25-18/h1-4,6-7,13,16,20H,5,8-12H2. The largest absolute Gasteiger partial charge is 0.343 e. The number of benzene rings is 1. The molecule has 2 heterocycles. The molecule has 8 heteroatoms. The lowest BCUT2D eigenvalue weighted by Crippen LogP contribution is -2.46. The summed E-state index contributed by atoms with van der Waals surface area (Å²) in [4.78, 5) is 14.2. The molecule has 5 nitrogen and oxygen atoms in total. The number of rotatable bonds is 6. The van der Waals surface area contributed by atoms with Gasteiger partial charge in [0.25, 0.3) is 0 Å². The first-order valence-corrected chi connectivity index (χ1v) is 11.3. The van der Waals surface area contributed by atoms with E-state index in [0.29, 0.717) is 48.0 Å². The molecule has 0 atom stereocenters. The van der Waals surface area contributed by atoms with Gasteiger partial charge in [0.1, 0.15) is 4.21 Å². The van der Waals surface area contributed by atoms with Crippen LogP contribution < -0.4 is 4.72 Å². The van der Waals surface area contributed by atoms with Gasteiger partial charge in [-0.3, -0.25) is 4.79 Å². The number of carbonyl (C=O) groups excluding carboxylic acids is 1. The first kappa shape index (κ1) is 19.4. The molecule has 0 unspecified atom stereocenters. The zero-order valence-corrected chi connectivity index (χ0v) is 16.6. The van der Waals surface area contributed by atoms with Crippen LogP contribution in [0.15, 0.2) is 46.0 Å². The minimum absolute atomic E-state index is 0.111. The van der Waals surface area contributed by atoms with E-state index in [1.807, 2.05) is 29.2 Å². The van der Waals surface area contributed by atoms with E-state index in [0.717, 1.165) is 5.56 Å². The van der Waals surface area contributed by atoms with Crippen molar-refractivity contribution in [2.24, 2.45) is 0 Å². The highest BCUT2D eigenvalue weighted by molar-refractivity contribution is 7.91. The van der Waals surface area contributed by atoms with Crippen molar-refractivity contribution < 1.29 is 13.2 Å². The molecule has 0 aliphatic carbocycles. The van der Waals surface area contributed by atoms with E-state index in [-0.39, 0.29) is 11.9 Å². The van der Waals surface area contributed by atoms with E-state index < -0.39 is 10.0 Å². The Morgan fingerprint density at radius 2 is 1.88 bits per heavy atom. The smallest absolute Gasteiger partial charge is 0.250 e. The van der Waals surface area contributed by atoms with Gasteiger partial charge in [0.15, 0.2) is 0 Å². The number of halogens is 1. The van der Waals surface area contributed by atoms with Crippen molar-refractivity contribution in [2.75, 3.05) is 13.1 Å². The Bertz CT molecular complexity index is 828. The average molecular weight is 413 g/mol. The van der Waals surface area contributed by atoms with Gasteiger partial charge in [0.2, 0.25) is 15.9 Å². The van der Waals surface area contributed by atoms with E-state index in [9.17, 15) is 13.2 Å². The Morgan fingerprint density at radius 3 is 2.50 bits per heavy atom. The molecule has 0 spiro atoms. The number of sulfonamides is 1. The summed E-state index contributed by atoms with van der Waals surface area (Å²) in [6.45, 7) is 1.16. The lowest BCUT2D eigenvalue weighted by Gasteiger charge is -2.32. The second kappa shape index (κ2) is 8.52. The van der Waals surface area contributed by atoms with Crippen LogP contribution in [-0.2, 0) is 21.2 Å². The summed E-state index contributed by atoms with van der Waals surface area (Å²) in [5.74, 6) is 0.111. The second-order valence-electron chi connectivity index (χ2n) is 6.33. The Labute approximate surface area is 163 Å². The van der Waals surface area contributed by atoms with Crippen LogP contribution in [0.25, 0.3) is 0 Å². The molecule has 1 amide bonds. The van der Waals surface area contributed by atoms with E-state index in [1.165, 1.54) is 11.3 Å². The Hall–Kier alpha value is -1.41. The van der Waals surface area contributed by atoms with Gasteiger partial charge in [-0.05, 0) is 48.4 Å². The van der Waals surface area contributed by atoms with E-state index >= 15 is 0 Å². The molecule has 1 aromatic heterocycles. The van der Waals surface area contributed by atoms with Crippen molar-refractivity contribution in [3.63, 3.8) is 0 Å². The van der Waals surface area contributed by atoms with Gasteiger partial charge in [0, 0.05) is 30.6 Å². The second-order valence-corrected chi connectivity index (χ2v) is 9.66. The highest BCUT2D eigenvalue weighted by Gasteiger charge is 2.26. The topological polar surface area (TPSA) is 66.5 Å². The summed E-state index contributed by atoms with van der Waals surface area (Å²) in [6, 6.07) is 10.7. The number of amides is 1. The fraction of sp³-hybridized carbons (Fsp3) is 0.389. The summed E-state index contributed by atoms with van der Waals surface area (Å²) < 4.78 is 27.6. The predicted molar refractivity (Wildman–Crippen MR) is 104 cm³/mol. The van der Waals surface area contributed by atoms with Crippen LogP contribution in [0, 0.1) is 0 Å². The molecule has 1 aliphatic heterocycles. The van der Waals surface area contributed by atoms with Gasteiger partial charge in [0.05, 0.1) is 0 Å². The molecular formula is C18H21ClN2O3S2. The number of carbonyl (C=O) groups is 1. The maximum absolute atomic E-state index is 12.4. The molecule has 140 valence electrons. The van der Waals surface area contributed by atoms with E-state index in [2.05, 4.69) is 4.72 Å². The average Bonchev–Trinajstić information content (AvgIpc) is 3.17. The molecule has 0 bridgehead atoms. The monoisotopic (exact) mass is 412 g/mol. The minimum atomic E-state index is -3.45. The summed E-state index contributed by atoms with van der Waals surface area (Å²) in [5.41, 5.74) is 1.08. The van der Waals surface area contributed by atoms with Gasteiger partial charge in [-0.25, -0.2) is 13.1 Å². The molecule has 0 saturated carbocycles. The number of nitrogens with zero attached hydrogens (tertiary/aromatic N) is 1. The molecule has 3 rings (SSSR count). The summed E-state index contributed by atoms with van der Waals surface area (Å²) in [6.07, 6.45) is 2.41. The summed E-state index contributed by atoms with van der Waals surface area (Å²) in [7, 11) is -3.45. The van der Waals surface area contributed by atoms with Gasteiger partial charge in [-0.1, -0.05) is 29.8 Å². The van der Waals surface area contributed by atoms with Crippen LogP contribution in [-0.4, -0.2) is 38.4 Å². The fourth-order valence-electron chi connectivity index (χ4n) is 3.00. The molecular weight excluding hydrogens is 392 g/mol. The van der Waals surface area contributed by atoms with E-state index in [1.54, 1.807) is 17.5 Å². The maximum Gasteiger partial charge on any atom is 0.250 e. The fourth-order valence-corrected chi connectivity index (χ4v) is 5.44. The third-order valence-electron chi connectivity index (χ3n) is 4.47. The number of nitrogens with one attached hydrogen (secondary N) is 1. The molecule has 1 N–H and O–H groups in total. The van der Waals surface area contributed by atoms with Crippen molar-refractivity contribution in [1.29, 1.82) is 0 Å². The van der Waals surface area contributed by atoms with Crippen LogP contribution in [0.4, 0.5) is 0 Å². The van der Waals surface area contributed by atoms with Crippen LogP contribution in [0.5, 0.6) is 0 Å². The van der Waals surface area contributed by atoms with Crippen molar-refractivity contribution >= 4 is 38.9 Å². The van der Waals surface area contributed by atoms with Crippen molar-refractivity contribution in [1.82, 2.24) is 9.62 Å². The van der Waals surface area contributed by atoms with Crippen LogP contribution in [0.3, 0.4) is 0 Å². The molecule has 0 radical (unpaired) electrons. The number of aryl methyl sites for hydroxylation is 1. The normalized spacial score (nSPS) is 16.0. The molecule has 1 fully saturated rings. The number of piperidine rings is 1. The number of likely N-dealkylation sites (tertiary alicyclic amines) is 1. The van der Waals surface area contributed by atoms with Crippen LogP contribution >= 0.6 is 22.9 Å². The zero-order valence-electron chi connectivity index (χ0n) is 14.2. The lowest BCUT2D eigenvalue weighted by molar-refractivity contribution is -0.132. The molecule has 2 aromatic rings. The van der Waals surface area contributed by atoms with Gasteiger partial charge >= 0.3 is 0 Å². The molecule has 26 heavy (non-hydrogen) atoms. The highest BCUT2D eigenvalue weighted by atomic mass is 35.5. The molecule has 1 aliphatic rings. The predicted octanol–water partition coefficient (Wildman–Crippen LogP) is 3.30. The first-order valence-electron chi connectivity index (χ1n) is 8.52. The third-order valence-corrected chi connectivity index (χ3v) is 7.64. The Kier molecular flexibility index (Phi) is 6.34. The summed E-state index contributed by atoms with van der Waals surface area (Å²) >= 11 is 7.07. The minimum Gasteiger partial charge on any atom is -0.343 e. The molecule has 1 saturated heterocycles. The third kappa shape index (κ3) is 5.07. The zero-order chi connectivity index (χ0) is 18.6. The first-order chi connectivity index (χ1) is 12.4.